The van der Waals surface area contributed by atoms with Crippen LogP contribution in [-0.4, -0.2) is 22.6 Å². The molecule has 1 aromatic carbocycles. The standard InChI is InChI=1S/C16H13ClN2O4/c1-9-7-18-15(23-9)8-19-12-4-3-10(17)5-11(12)14(20)6-13(19)16(21)22-2/h3-7H,8H2,1-2H3. The Balaban J connectivity index is 2.28. The number of hydrogen-bond donors (Lipinski definition) is 0. The topological polar surface area (TPSA) is 74.3 Å². The number of benzene rings is 1. The first-order valence-electron chi connectivity index (χ1n) is 6.82. The van der Waals surface area contributed by atoms with Gasteiger partial charge in [0.05, 0.1) is 25.4 Å². The SMILES string of the molecule is COC(=O)c1cc(=O)c2cc(Cl)ccc2n1Cc1ncc(C)o1. The van der Waals surface area contributed by atoms with Crippen molar-refractivity contribution in [2.24, 2.45) is 0 Å². The lowest BCUT2D eigenvalue weighted by Gasteiger charge is -2.14. The molecule has 0 spiro atoms. The molecule has 0 atom stereocenters. The van der Waals surface area contributed by atoms with Gasteiger partial charge in [-0.15, -0.1) is 0 Å². The third kappa shape index (κ3) is 2.85. The van der Waals surface area contributed by atoms with E-state index in [2.05, 4.69) is 4.98 Å². The summed E-state index contributed by atoms with van der Waals surface area (Å²) in [5, 5.41) is 0.854. The normalized spacial score (nSPS) is 10.9. The number of oxazole rings is 1. The van der Waals surface area contributed by atoms with Crippen LogP contribution in [0.1, 0.15) is 22.1 Å². The maximum Gasteiger partial charge on any atom is 0.354 e. The predicted octanol–water partition coefficient (Wildman–Crippen LogP) is 2.79. The van der Waals surface area contributed by atoms with Crippen LogP contribution in [0.2, 0.25) is 5.02 Å². The van der Waals surface area contributed by atoms with Gasteiger partial charge in [0, 0.05) is 16.5 Å². The number of nitrogens with zero attached hydrogens (tertiary/aromatic N) is 2. The van der Waals surface area contributed by atoms with E-state index in [4.69, 9.17) is 20.8 Å². The zero-order valence-corrected chi connectivity index (χ0v) is 13.3. The number of aromatic nitrogens is 2. The van der Waals surface area contributed by atoms with Crippen molar-refractivity contribution in [1.29, 1.82) is 0 Å². The van der Waals surface area contributed by atoms with Crippen LogP contribution in [-0.2, 0) is 11.3 Å². The van der Waals surface area contributed by atoms with Crippen molar-refractivity contribution >= 4 is 28.5 Å². The minimum atomic E-state index is -0.609. The number of halogens is 1. The summed E-state index contributed by atoms with van der Waals surface area (Å²) >= 11 is 5.97. The second-order valence-corrected chi connectivity index (χ2v) is 5.43. The number of methoxy groups -OCH3 is 1. The van der Waals surface area contributed by atoms with Crippen molar-refractivity contribution in [1.82, 2.24) is 9.55 Å². The molecule has 0 bridgehead atoms. The van der Waals surface area contributed by atoms with Gasteiger partial charge in [0.2, 0.25) is 5.89 Å². The minimum absolute atomic E-state index is 0.128. The molecule has 2 aromatic heterocycles. The summed E-state index contributed by atoms with van der Waals surface area (Å²) < 4.78 is 11.9. The molecule has 0 radical (unpaired) electrons. The zero-order chi connectivity index (χ0) is 16.6. The second kappa shape index (κ2) is 5.89. The number of ether oxygens (including phenoxy) is 1. The van der Waals surface area contributed by atoms with Crippen LogP contribution in [0.15, 0.2) is 39.7 Å². The average molecular weight is 333 g/mol. The maximum absolute atomic E-state index is 12.3. The van der Waals surface area contributed by atoms with E-state index in [1.807, 2.05) is 0 Å². The summed E-state index contributed by atoms with van der Waals surface area (Å²) in [6.07, 6.45) is 1.59. The summed E-state index contributed by atoms with van der Waals surface area (Å²) in [6.45, 7) is 1.97. The molecule has 23 heavy (non-hydrogen) atoms. The highest BCUT2D eigenvalue weighted by molar-refractivity contribution is 6.31. The third-order valence-corrected chi connectivity index (χ3v) is 3.67. The molecule has 7 heteroatoms. The van der Waals surface area contributed by atoms with E-state index in [9.17, 15) is 9.59 Å². The van der Waals surface area contributed by atoms with Crippen LogP contribution in [0.5, 0.6) is 0 Å². The number of esters is 1. The van der Waals surface area contributed by atoms with Crippen LogP contribution < -0.4 is 5.43 Å². The van der Waals surface area contributed by atoms with E-state index in [-0.39, 0.29) is 17.7 Å². The van der Waals surface area contributed by atoms with Crippen molar-refractivity contribution in [2.45, 2.75) is 13.5 Å². The number of rotatable bonds is 3. The molecule has 0 aliphatic heterocycles. The first kappa shape index (κ1) is 15.3. The molecule has 0 N–H and O–H groups in total. The highest BCUT2D eigenvalue weighted by Crippen LogP contribution is 2.20. The van der Waals surface area contributed by atoms with Crippen LogP contribution in [0.4, 0.5) is 0 Å². The molecule has 0 amide bonds. The lowest BCUT2D eigenvalue weighted by atomic mass is 10.1. The molecule has 3 rings (SSSR count). The van der Waals surface area contributed by atoms with E-state index in [0.29, 0.717) is 27.6 Å². The Morgan fingerprint density at radius 1 is 1.39 bits per heavy atom. The van der Waals surface area contributed by atoms with Gasteiger partial charge in [-0.1, -0.05) is 11.6 Å². The first-order valence-corrected chi connectivity index (χ1v) is 7.20. The maximum atomic E-state index is 12.3. The minimum Gasteiger partial charge on any atom is -0.464 e. The van der Waals surface area contributed by atoms with Gasteiger partial charge in [-0.05, 0) is 25.1 Å². The van der Waals surface area contributed by atoms with E-state index >= 15 is 0 Å². The Labute approximate surface area is 136 Å². The monoisotopic (exact) mass is 332 g/mol. The number of carbonyl (C=O) groups excluding carboxylic acids is 1. The fraction of sp³-hybridized carbons (Fsp3) is 0.188. The number of pyridine rings is 1. The molecule has 6 nitrogen and oxygen atoms in total. The fourth-order valence-corrected chi connectivity index (χ4v) is 2.58. The van der Waals surface area contributed by atoms with E-state index in [1.165, 1.54) is 13.2 Å². The second-order valence-electron chi connectivity index (χ2n) is 5.00. The Hall–Kier alpha value is -2.60. The molecule has 2 heterocycles. The van der Waals surface area contributed by atoms with Gasteiger partial charge in [-0.2, -0.15) is 0 Å². The largest absolute Gasteiger partial charge is 0.464 e. The van der Waals surface area contributed by atoms with Crippen molar-refractivity contribution in [2.75, 3.05) is 7.11 Å². The average Bonchev–Trinajstić information content (AvgIpc) is 2.94. The highest BCUT2D eigenvalue weighted by atomic mass is 35.5. The molecule has 0 saturated carbocycles. The molecule has 0 aliphatic rings. The summed E-state index contributed by atoms with van der Waals surface area (Å²) in [5.41, 5.74) is 0.379. The number of carbonyl (C=O) groups is 1. The number of fused-ring (bicyclic) bond motifs is 1. The van der Waals surface area contributed by atoms with E-state index in [1.54, 1.807) is 35.9 Å². The third-order valence-electron chi connectivity index (χ3n) is 3.43. The van der Waals surface area contributed by atoms with Crippen LogP contribution in [0, 0.1) is 6.92 Å². The molecule has 0 saturated heterocycles. The van der Waals surface area contributed by atoms with Gasteiger partial charge >= 0.3 is 5.97 Å². The Bertz CT molecular complexity index is 958. The molecule has 0 fully saturated rings. The van der Waals surface area contributed by atoms with E-state index in [0.717, 1.165) is 0 Å². The summed E-state index contributed by atoms with van der Waals surface area (Å²) in [4.78, 5) is 28.4. The van der Waals surface area contributed by atoms with Crippen molar-refractivity contribution < 1.29 is 13.9 Å². The van der Waals surface area contributed by atoms with Crippen molar-refractivity contribution in [3.63, 3.8) is 0 Å². The smallest absolute Gasteiger partial charge is 0.354 e. The quantitative estimate of drug-likeness (QED) is 0.689. The summed E-state index contributed by atoms with van der Waals surface area (Å²) in [6, 6.07) is 6.14. The number of aryl methyl sites for hydroxylation is 1. The lowest BCUT2D eigenvalue weighted by Crippen LogP contribution is -2.20. The molecule has 118 valence electrons. The lowest BCUT2D eigenvalue weighted by molar-refractivity contribution is 0.0588. The van der Waals surface area contributed by atoms with E-state index < -0.39 is 5.97 Å². The van der Waals surface area contributed by atoms with Gasteiger partial charge in [-0.25, -0.2) is 9.78 Å². The number of hydrogen-bond acceptors (Lipinski definition) is 5. The molecular weight excluding hydrogens is 320 g/mol. The highest BCUT2D eigenvalue weighted by Gasteiger charge is 2.17. The fourth-order valence-electron chi connectivity index (χ4n) is 2.40. The Morgan fingerprint density at radius 2 is 2.17 bits per heavy atom. The van der Waals surface area contributed by atoms with Gasteiger partial charge in [0.1, 0.15) is 11.5 Å². The van der Waals surface area contributed by atoms with Crippen molar-refractivity contribution in [3.05, 3.63) is 63.1 Å². The predicted molar refractivity (Wildman–Crippen MR) is 84.9 cm³/mol. The molecule has 3 aromatic rings. The van der Waals surface area contributed by atoms with Gasteiger partial charge < -0.3 is 13.7 Å². The van der Waals surface area contributed by atoms with Gasteiger partial charge in [-0.3, -0.25) is 4.79 Å². The molecular formula is C16H13ClN2O4. The van der Waals surface area contributed by atoms with Gasteiger partial charge in [0.15, 0.2) is 5.43 Å². The van der Waals surface area contributed by atoms with Crippen LogP contribution in [0.25, 0.3) is 10.9 Å². The first-order chi connectivity index (χ1) is 11.0. The van der Waals surface area contributed by atoms with Crippen LogP contribution in [0.3, 0.4) is 0 Å². The van der Waals surface area contributed by atoms with Crippen LogP contribution >= 0.6 is 11.6 Å². The Morgan fingerprint density at radius 3 is 2.83 bits per heavy atom. The summed E-state index contributed by atoms with van der Waals surface area (Å²) in [5.74, 6) is 0.475. The molecule has 0 unspecified atom stereocenters. The summed E-state index contributed by atoms with van der Waals surface area (Å²) in [7, 11) is 1.26. The van der Waals surface area contributed by atoms with Crippen molar-refractivity contribution in [3.8, 4) is 0 Å². The van der Waals surface area contributed by atoms with Gasteiger partial charge in [0.25, 0.3) is 0 Å². The Kier molecular flexibility index (Phi) is 3.92. The zero-order valence-electron chi connectivity index (χ0n) is 12.5. The molecule has 0 aliphatic carbocycles.